The van der Waals surface area contributed by atoms with Crippen LogP contribution in [0.25, 0.3) is 0 Å². The number of hydrogen-bond acceptors (Lipinski definition) is 8. The largest absolute Gasteiger partial charge is 0.444 e. The van der Waals surface area contributed by atoms with Crippen LogP contribution < -0.4 is 21.1 Å². The molecular weight excluding hydrogens is 514 g/mol. The highest BCUT2D eigenvalue weighted by molar-refractivity contribution is 7.91. The first-order valence-electron chi connectivity index (χ1n) is 12.9. The summed E-state index contributed by atoms with van der Waals surface area (Å²) < 4.78 is 32.2. The van der Waals surface area contributed by atoms with E-state index in [9.17, 15) is 27.6 Å². The molecule has 0 aromatic rings. The first-order chi connectivity index (χ1) is 17.3. The summed E-state index contributed by atoms with van der Waals surface area (Å²) in [5.41, 5.74) is 3.16. The van der Waals surface area contributed by atoms with Crippen LogP contribution in [0.5, 0.6) is 0 Å². The van der Waals surface area contributed by atoms with Crippen LogP contribution in [0.1, 0.15) is 67.2 Å². The maximum atomic E-state index is 13.7. The zero-order valence-corrected chi connectivity index (χ0v) is 23.8. The topological polar surface area (TPSA) is 177 Å². The molecule has 0 spiro atoms. The number of amides is 4. The lowest BCUT2D eigenvalue weighted by molar-refractivity contribution is -0.142. The van der Waals surface area contributed by atoms with Crippen LogP contribution in [0.15, 0.2) is 12.7 Å². The average molecular weight is 556 g/mol. The second-order valence-electron chi connectivity index (χ2n) is 12.6. The molecule has 3 fully saturated rings. The minimum absolute atomic E-state index is 0.0691. The maximum Gasteiger partial charge on any atom is 0.408 e. The number of likely N-dealkylation sites (tertiary alicyclic amines) is 1. The fraction of sp³-hybridized carbons (Fsp3) is 0.760. The number of nitrogens with one attached hydrogen (secondary N) is 3. The number of alkyl carbamates (subject to hydrolysis) is 1. The summed E-state index contributed by atoms with van der Waals surface area (Å²) in [5, 5.41) is 4.73. The smallest absolute Gasteiger partial charge is 0.408 e. The molecule has 0 bridgehead atoms. The van der Waals surface area contributed by atoms with Crippen LogP contribution in [0.3, 0.4) is 0 Å². The zero-order valence-electron chi connectivity index (χ0n) is 23.0. The molecule has 2 saturated carbocycles. The minimum atomic E-state index is -3.82. The number of hydrogen-bond donors (Lipinski definition) is 4. The third-order valence-electron chi connectivity index (χ3n) is 6.94. The summed E-state index contributed by atoms with van der Waals surface area (Å²) >= 11 is 0. The number of sulfonamides is 1. The molecule has 5 N–H and O–H groups in total. The molecule has 1 heterocycles. The average Bonchev–Trinajstić information content (AvgIpc) is 3.66. The van der Waals surface area contributed by atoms with E-state index in [4.69, 9.17) is 10.5 Å². The summed E-state index contributed by atoms with van der Waals surface area (Å²) in [6.45, 7) is 14.2. The molecule has 12 nitrogen and oxygen atoms in total. The quantitative estimate of drug-likeness (QED) is 0.313. The van der Waals surface area contributed by atoms with E-state index >= 15 is 0 Å². The van der Waals surface area contributed by atoms with Gasteiger partial charge in [0.15, 0.2) is 0 Å². The first kappa shape index (κ1) is 29.9. The van der Waals surface area contributed by atoms with Gasteiger partial charge in [0.1, 0.15) is 23.2 Å². The highest BCUT2D eigenvalue weighted by Crippen LogP contribution is 2.45. The van der Waals surface area contributed by atoms with Crippen molar-refractivity contribution in [2.75, 3.05) is 6.54 Å². The van der Waals surface area contributed by atoms with Crippen molar-refractivity contribution >= 4 is 33.8 Å². The van der Waals surface area contributed by atoms with Crippen LogP contribution in [0.4, 0.5) is 4.79 Å². The van der Waals surface area contributed by atoms with E-state index in [1.54, 1.807) is 41.5 Å². The number of carbonyl (C=O) groups is 4. The van der Waals surface area contributed by atoms with Crippen LogP contribution in [-0.2, 0) is 29.1 Å². The number of ether oxygens (including phenoxy) is 1. The highest BCUT2D eigenvalue weighted by Gasteiger charge is 2.62. The normalized spacial score (nSPS) is 28.2. The van der Waals surface area contributed by atoms with Gasteiger partial charge >= 0.3 is 6.09 Å². The van der Waals surface area contributed by atoms with Gasteiger partial charge in [-0.3, -0.25) is 19.1 Å². The van der Waals surface area contributed by atoms with Gasteiger partial charge in [-0.2, -0.15) is 0 Å². The second kappa shape index (κ2) is 10.1. The van der Waals surface area contributed by atoms with Crippen molar-refractivity contribution < 1.29 is 32.3 Å². The Hall–Kier alpha value is -2.67. The first-order valence-corrected chi connectivity index (χ1v) is 14.4. The van der Waals surface area contributed by atoms with Crippen molar-refractivity contribution in [2.24, 2.45) is 17.1 Å². The van der Waals surface area contributed by atoms with E-state index in [-0.39, 0.29) is 19.4 Å². The van der Waals surface area contributed by atoms with E-state index in [2.05, 4.69) is 21.9 Å². The molecule has 5 atom stereocenters. The summed E-state index contributed by atoms with van der Waals surface area (Å²) in [5.74, 6) is -2.42. The molecule has 13 heteroatoms. The molecular formula is C25H41N5O7S. The molecule has 1 saturated heterocycles. The zero-order chi connectivity index (χ0) is 28.8. The second-order valence-corrected chi connectivity index (χ2v) is 14.6. The maximum absolute atomic E-state index is 13.7. The van der Waals surface area contributed by atoms with Crippen molar-refractivity contribution in [1.29, 1.82) is 0 Å². The van der Waals surface area contributed by atoms with E-state index in [1.807, 2.05) is 0 Å². The molecule has 38 heavy (non-hydrogen) atoms. The molecule has 1 aliphatic heterocycles. The minimum Gasteiger partial charge on any atom is -0.444 e. The summed E-state index contributed by atoms with van der Waals surface area (Å²) in [6, 6.07) is -2.55. The third kappa shape index (κ3) is 6.66. The summed E-state index contributed by atoms with van der Waals surface area (Å²) in [4.78, 5) is 54.0. The predicted molar refractivity (Wildman–Crippen MR) is 140 cm³/mol. The number of nitrogens with zero attached hydrogens (tertiary/aromatic N) is 1. The Labute approximate surface area is 224 Å². The fourth-order valence-corrected chi connectivity index (χ4v) is 5.98. The van der Waals surface area contributed by atoms with E-state index in [0.29, 0.717) is 12.8 Å². The third-order valence-corrected chi connectivity index (χ3v) is 8.76. The standard InChI is InChI=1S/C25H41N5O7S/c1-8-14-12-25(14,21(33)29-38(35,36)16-9-10-16)28-19(31)17-11-15(26)13-30(17)20(32)18(23(2,3)4)27-22(34)37-24(5,6)7/h8,14-18H,1,9-13,26H2,2-7H3,(H,27,34)(H,28,31)(H,29,33)/t14-,15-,17+,18+,25-/m1/s1. The van der Waals surface area contributed by atoms with Crippen molar-refractivity contribution in [3.8, 4) is 0 Å². The SMILES string of the molecule is C=C[C@@H]1C[C@]1(NC(=O)[C@@H]1C[C@@H](N)CN1C(=O)[C@H](NC(=O)OC(C)(C)C)C(C)(C)C)C(=O)NS(=O)(=O)C1CC1. The Balaban J connectivity index is 1.79. The van der Waals surface area contributed by atoms with Gasteiger partial charge in [-0.1, -0.05) is 26.8 Å². The lowest BCUT2D eigenvalue weighted by Crippen LogP contribution is -2.60. The predicted octanol–water partition coefficient (Wildman–Crippen LogP) is 0.523. The van der Waals surface area contributed by atoms with Crippen LogP contribution in [-0.4, -0.2) is 78.2 Å². The Bertz CT molecular complexity index is 1110. The monoisotopic (exact) mass is 555 g/mol. The van der Waals surface area contributed by atoms with Gasteiger partial charge in [0.2, 0.25) is 21.8 Å². The Morgan fingerprint density at radius 1 is 1.13 bits per heavy atom. The van der Waals surface area contributed by atoms with E-state index < -0.39 is 79.7 Å². The molecule has 0 radical (unpaired) electrons. The lowest BCUT2D eigenvalue weighted by Gasteiger charge is -2.36. The molecule has 3 aliphatic rings. The van der Waals surface area contributed by atoms with Crippen LogP contribution >= 0.6 is 0 Å². The van der Waals surface area contributed by atoms with Gasteiger partial charge in [-0.15, -0.1) is 6.58 Å². The van der Waals surface area contributed by atoms with E-state index in [1.165, 1.54) is 11.0 Å². The molecule has 0 unspecified atom stereocenters. The lowest BCUT2D eigenvalue weighted by atomic mass is 9.85. The molecule has 2 aliphatic carbocycles. The number of carbonyl (C=O) groups excluding carboxylic acids is 4. The Morgan fingerprint density at radius 2 is 1.74 bits per heavy atom. The van der Waals surface area contributed by atoms with Gasteiger partial charge < -0.3 is 26.0 Å². The van der Waals surface area contributed by atoms with Crippen LogP contribution in [0.2, 0.25) is 0 Å². The van der Waals surface area contributed by atoms with Gasteiger partial charge in [0, 0.05) is 18.5 Å². The molecule has 3 rings (SSSR count). The Morgan fingerprint density at radius 3 is 2.21 bits per heavy atom. The molecule has 0 aromatic carbocycles. The van der Waals surface area contributed by atoms with Crippen molar-refractivity contribution in [2.45, 2.75) is 102 Å². The number of rotatable bonds is 8. The van der Waals surface area contributed by atoms with Gasteiger partial charge in [0.25, 0.3) is 5.91 Å². The van der Waals surface area contributed by atoms with Crippen molar-refractivity contribution in [3.63, 3.8) is 0 Å². The molecule has 4 amide bonds. The summed E-state index contributed by atoms with van der Waals surface area (Å²) in [6.07, 6.45) is 2.01. The summed E-state index contributed by atoms with van der Waals surface area (Å²) in [7, 11) is -3.82. The fourth-order valence-electron chi connectivity index (χ4n) is 4.62. The Kier molecular flexibility index (Phi) is 7.97. The highest BCUT2D eigenvalue weighted by atomic mass is 32.2. The molecule has 0 aromatic heterocycles. The van der Waals surface area contributed by atoms with Crippen LogP contribution in [0, 0.1) is 11.3 Å². The number of nitrogens with two attached hydrogens (primary N) is 1. The van der Waals surface area contributed by atoms with Gasteiger partial charge in [-0.25, -0.2) is 13.2 Å². The van der Waals surface area contributed by atoms with E-state index in [0.717, 1.165) is 0 Å². The van der Waals surface area contributed by atoms with Gasteiger partial charge in [-0.05, 0) is 51.9 Å². The van der Waals surface area contributed by atoms with Gasteiger partial charge in [0.05, 0.1) is 5.25 Å². The van der Waals surface area contributed by atoms with Crippen molar-refractivity contribution in [3.05, 3.63) is 12.7 Å². The van der Waals surface area contributed by atoms with Crippen molar-refractivity contribution in [1.82, 2.24) is 20.3 Å². The molecule has 214 valence electrons.